The zero-order valence-electron chi connectivity index (χ0n) is 12.3. The highest BCUT2D eigenvalue weighted by atomic mass is 35.5. The van der Waals surface area contributed by atoms with Crippen LogP contribution in [0.25, 0.3) is 0 Å². The summed E-state index contributed by atoms with van der Waals surface area (Å²) in [5.41, 5.74) is 0.918. The van der Waals surface area contributed by atoms with Gasteiger partial charge in [0.15, 0.2) is 0 Å². The molecule has 0 aliphatic heterocycles. The third kappa shape index (κ3) is 5.63. The van der Waals surface area contributed by atoms with Crippen LogP contribution < -0.4 is 4.74 Å². The molecule has 5 nitrogen and oxygen atoms in total. The molecule has 0 fully saturated rings. The number of carbonyl (C=O) groups is 2. The average molecular weight is 314 g/mol. The number of carbonyl (C=O) groups excluding carboxylic acids is 1. The number of carboxylic acid groups (broad SMARTS) is 1. The number of nitrogens with zero attached hydrogens (tertiary/aromatic N) is 1. The number of benzene rings is 1. The number of methoxy groups -OCH3 is 1. The van der Waals surface area contributed by atoms with Gasteiger partial charge in [-0.3, -0.25) is 9.59 Å². The van der Waals surface area contributed by atoms with E-state index in [0.717, 1.165) is 12.0 Å². The van der Waals surface area contributed by atoms with Gasteiger partial charge in [0.05, 0.1) is 12.1 Å². The molecular weight excluding hydrogens is 294 g/mol. The zero-order chi connectivity index (χ0) is 15.8. The molecule has 1 amide bonds. The largest absolute Gasteiger partial charge is 0.495 e. The van der Waals surface area contributed by atoms with Crippen LogP contribution >= 0.6 is 11.6 Å². The van der Waals surface area contributed by atoms with Crippen molar-refractivity contribution in [3.8, 4) is 5.75 Å². The van der Waals surface area contributed by atoms with Crippen molar-refractivity contribution in [3.05, 3.63) is 28.8 Å². The second-order valence-corrected chi connectivity index (χ2v) is 5.09. The SMILES string of the molecule is CCCN(CC(=O)O)C(=O)CCc1ccc(OC)c(Cl)c1. The monoisotopic (exact) mass is 313 g/mol. The third-order valence-electron chi connectivity index (χ3n) is 3.02. The van der Waals surface area contributed by atoms with Crippen molar-refractivity contribution in [2.75, 3.05) is 20.2 Å². The molecule has 0 unspecified atom stereocenters. The summed E-state index contributed by atoms with van der Waals surface area (Å²) < 4.78 is 5.07. The van der Waals surface area contributed by atoms with Crippen molar-refractivity contribution in [1.82, 2.24) is 4.90 Å². The Morgan fingerprint density at radius 1 is 1.38 bits per heavy atom. The molecule has 1 aromatic rings. The van der Waals surface area contributed by atoms with Gasteiger partial charge in [0.1, 0.15) is 12.3 Å². The smallest absolute Gasteiger partial charge is 0.323 e. The van der Waals surface area contributed by atoms with E-state index < -0.39 is 5.97 Å². The van der Waals surface area contributed by atoms with Gasteiger partial charge in [-0.25, -0.2) is 0 Å². The van der Waals surface area contributed by atoms with Crippen LogP contribution in [0.3, 0.4) is 0 Å². The molecule has 0 saturated heterocycles. The first-order valence-corrected chi connectivity index (χ1v) is 7.17. The van der Waals surface area contributed by atoms with Gasteiger partial charge in [-0.1, -0.05) is 24.6 Å². The lowest BCUT2D eigenvalue weighted by Gasteiger charge is -2.20. The summed E-state index contributed by atoms with van der Waals surface area (Å²) in [5.74, 6) is -0.569. The minimum atomic E-state index is -0.996. The van der Waals surface area contributed by atoms with Crippen LogP contribution in [-0.2, 0) is 16.0 Å². The topological polar surface area (TPSA) is 66.8 Å². The Morgan fingerprint density at radius 2 is 2.10 bits per heavy atom. The van der Waals surface area contributed by atoms with Gasteiger partial charge in [0.2, 0.25) is 5.91 Å². The van der Waals surface area contributed by atoms with Crippen molar-refractivity contribution >= 4 is 23.5 Å². The summed E-state index contributed by atoms with van der Waals surface area (Å²) in [4.78, 5) is 24.2. The second-order valence-electron chi connectivity index (χ2n) is 4.68. The van der Waals surface area contributed by atoms with E-state index in [1.807, 2.05) is 13.0 Å². The molecule has 1 rings (SSSR count). The van der Waals surface area contributed by atoms with E-state index in [9.17, 15) is 9.59 Å². The van der Waals surface area contributed by atoms with Crippen molar-refractivity contribution in [3.63, 3.8) is 0 Å². The number of hydrogen-bond acceptors (Lipinski definition) is 3. The molecule has 0 radical (unpaired) electrons. The van der Waals surface area contributed by atoms with Crippen molar-refractivity contribution in [2.24, 2.45) is 0 Å². The maximum absolute atomic E-state index is 12.1. The van der Waals surface area contributed by atoms with Crippen LogP contribution in [0.15, 0.2) is 18.2 Å². The quantitative estimate of drug-likeness (QED) is 0.801. The van der Waals surface area contributed by atoms with E-state index in [1.165, 1.54) is 4.90 Å². The predicted molar refractivity (Wildman–Crippen MR) is 80.8 cm³/mol. The van der Waals surface area contributed by atoms with Gasteiger partial charge in [-0.15, -0.1) is 0 Å². The average Bonchev–Trinajstić information content (AvgIpc) is 2.44. The highest BCUT2D eigenvalue weighted by Crippen LogP contribution is 2.25. The normalized spacial score (nSPS) is 10.2. The summed E-state index contributed by atoms with van der Waals surface area (Å²) in [5, 5.41) is 9.31. The van der Waals surface area contributed by atoms with Gasteiger partial charge in [-0.2, -0.15) is 0 Å². The van der Waals surface area contributed by atoms with Gasteiger partial charge in [0.25, 0.3) is 0 Å². The fraction of sp³-hybridized carbons (Fsp3) is 0.467. The lowest BCUT2D eigenvalue weighted by molar-refractivity contribution is -0.144. The number of amides is 1. The Kier molecular flexibility index (Phi) is 7.02. The summed E-state index contributed by atoms with van der Waals surface area (Å²) in [7, 11) is 1.54. The number of halogens is 1. The first-order valence-electron chi connectivity index (χ1n) is 6.80. The molecular formula is C15H20ClNO4. The number of aryl methyl sites for hydroxylation is 1. The van der Waals surface area contributed by atoms with E-state index >= 15 is 0 Å². The molecule has 0 spiro atoms. The van der Waals surface area contributed by atoms with Gasteiger partial charge in [0, 0.05) is 13.0 Å². The van der Waals surface area contributed by atoms with Crippen LogP contribution in [0.5, 0.6) is 5.75 Å². The van der Waals surface area contributed by atoms with Crippen molar-refractivity contribution in [2.45, 2.75) is 26.2 Å². The molecule has 21 heavy (non-hydrogen) atoms. The molecule has 1 aromatic carbocycles. The van der Waals surface area contributed by atoms with Crippen molar-refractivity contribution < 1.29 is 19.4 Å². The minimum absolute atomic E-state index is 0.161. The molecule has 0 atom stereocenters. The van der Waals surface area contributed by atoms with E-state index in [2.05, 4.69) is 0 Å². The highest BCUT2D eigenvalue weighted by Gasteiger charge is 2.15. The first kappa shape index (κ1) is 17.3. The van der Waals surface area contributed by atoms with Crippen LogP contribution in [0.4, 0.5) is 0 Å². The maximum atomic E-state index is 12.1. The Bertz CT molecular complexity index is 504. The molecule has 0 aliphatic rings. The number of ether oxygens (including phenoxy) is 1. The molecule has 0 saturated carbocycles. The van der Waals surface area contributed by atoms with E-state index in [1.54, 1.807) is 19.2 Å². The Hall–Kier alpha value is -1.75. The summed E-state index contributed by atoms with van der Waals surface area (Å²) in [6.45, 7) is 2.11. The molecule has 0 heterocycles. The van der Waals surface area contributed by atoms with Gasteiger partial charge in [-0.05, 0) is 30.5 Å². The summed E-state index contributed by atoms with van der Waals surface area (Å²) >= 11 is 6.03. The van der Waals surface area contributed by atoms with E-state index in [0.29, 0.717) is 23.7 Å². The Morgan fingerprint density at radius 3 is 2.62 bits per heavy atom. The predicted octanol–water partition coefficient (Wildman–Crippen LogP) is 2.60. The van der Waals surface area contributed by atoms with Gasteiger partial charge < -0.3 is 14.7 Å². The standard InChI is InChI=1S/C15H20ClNO4/c1-3-8-17(10-15(19)20)14(18)7-5-11-4-6-13(21-2)12(16)9-11/h4,6,9H,3,5,7-8,10H2,1-2H3,(H,19,20). The lowest BCUT2D eigenvalue weighted by Crippen LogP contribution is -2.36. The third-order valence-corrected chi connectivity index (χ3v) is 3.31. The van der Waals surface area contributed by atoms with Crippen LogP contribution in [-0.4, -0.2) is 42.1 Å². The van der Waals surface area contributed by atoms with E-state index in [-0.39, 0.29) is 18.9 Å². The minimum Gasteiger partial charge on any atom is -0.495 e. The second kappa shape index (κ2) is 8.52. The zero-order valence-corrected chi connectivity index (χ0v) is 13.0. The van der Waals surface area contributed by atoms with Crippen LogP contribution in [0, 0.1) is 0 Å². The maximum Gasteiger partial charge on any atom is 0.323 e. The molecule has 1 N–H and O–H groups in total. The Balaban J connectivity index is 2.61. The fourth-order valence-corrected chi connectivity index (χ4v) is 2.28. The molecule has 0 bridgehead atoms. The van der Waals surface area contributed by atoms with Crippen LogP contribution in [0.2, 0.25) is 5.02 Å². The van der Waals surface area contributed by atoms with Crippen LogP contribution in [0.1, 0.15) is 25.3 Å². The summed E-state index contributed by atoms with van der Waals surface area (Å²) in [6, 6.07) is 5.36. The highest BCUT2D eigenvalue weighted by molar-refractivity contribution is 6.32. The molecule has 116 valence electrons. The number of aliphatic carboxylic acids is 1. The molecule has 0 aliphatic carbocycles. The lowest BCUT2D eigenvalue weighted by atomic mass is 10.1. The molecule has 0 aromatic heterocycles. The van der Waals surface area contributed by atoms with E-state index in [4.69, 9.17) is 21.4 Å². The fourth-order valence-electron chi connectivity index (χ4n) is 2.00. The summed E-state index contributed by atoms with van der Waals surface area (Å²) in [6.07, 6.45) is 1.51. The number of hydrogen-bond donors (Lipinski definition) is 1. The Labute approximate surface area is 129 Å². The number of rotatable bonds is 8. The number of carboxylic acids is 1. The van der Waals surface area contributed by atoms with Gasteiger partial charge >= 0.3 is 5.97 Å². The first-order chi connectivity index (χ1) is 9.97. The molecule has 6 heteroatoms. The van der Waals surface area contributed by atoms with Crippen molar-refractivity contribution in [1.29, 1.82) is 0 Å².